The van der Waals surface area contributed by atoms with Gasteiger partial charge < -0.3 is 5.32 Å². The highest BCUT2D eigenvalue weighted by Crippen LogP contribution is 1.97. The zero-order valence-corrected chi connectivity index (χ0v) is 9.07. The van der Waals surface area contributed by atoms with E-state index in [-0.39, 0.29) is 5.78 Å². The number of nitrogens with one attached hydrogen (secondary N) is 1. The summed E-state index contributed by atoms with van der Waals surface area (Å²) in [6.07, 6.45) is 3.96. The van der Waals surface area contributed by atoms with Gasteiger partial charge in [0.05, 0.1) is 0 Å². The van der Waals surface area contributed by atoms with E-state index in [4.69, 9.17) is 0 Å². The van der Waals surface area contributed by atoms with Crippen LogP contribution in [0.3, 0.4) is 0 Å². The van der Waals surface area contributed by atoms with E-state index in [0.717, 1.165) is 13.1 Å². The van der Waals surface area contributed by atoms with Crippen LogP contribution in [0.25, 0.3) is 0 Å². The highest BCUT2D eigenvalue weighted by Gasteiger charge is 1.95. The van der Waals surface area contributed by atoms with E-state index in [1.807, 2.05) is 25.1 Å². The normalized spacial score (nSPS) is 10.7. The molecule has 2 nitrogen and oxygen atoms in total. The first kappa shape index (κ1) is 11.7. The van der Waals surface area contributed by atoms with Gasteiger partial charge in [0.25, 0.3) is 0 Å². The highest BCUT2D eigenvalue weighted by molar-refractivity contribution is 5.89. The minimum atomic E-state index is 0.179. The molecule has 0 unspecified atom stereocenters. The Morgan fingerprint density at radius 1 is 1.33 bits per heavy atom. The maximum absolute atomic E-state index is 11.1. The first-order valence-electron chi connectivity index (χ1n) is 5.23. The Morgan fingerprint density at radius 3 is 2.73 bits per heavy atom. The number of hydrogen-bond donors (Lipinski definition) is 1. The molecule has 0 heterocycles. The summed E-state index contributed by atoms with van der Waals surface area (Å²) in [6.45, 7) is 3.41. The van der Waals surface area contributed by atoms with Crippen LogP contribution in [0.4, 0.5) is 0 Å². The van der Waals surface area contributed by atoms with Crippen LogP contribution in [0.15, 0.2) is 42.5 Å². The predicted octanol–water partition coefficient (Wildman–Crippen LogP) is 2.31. The Bertz CT molecular complexity index is 317. The van der Waals surface area contributed by atoms with Crippen LogP contribution < -0.4 is 5.32 Å². The second-order valence-corrected chi connectivity index (χ2v) is 3.38. The molecule has 0 saturated heterocycles. The van der Waals surface area contributed by atoms with Crippen molar-refractivity contribution in [3.05, 3.63) is 48.0 Å². The molecule has 0 amide bonds. The fourth-order valence-electron chi connectivity index (χ4n) is 1.31. The van der Waals surface area contributed by atoms with Crippen molar-refractivity contribution in [2.75, 3.05) is 6.54 Å². The number of carbonyl (C=O) groups is 1. The lowest BCUT2D eigenvalue weighted by Gasteiger charge is -2.02. The lowest BCUT2D eigenvalue weighted by atomic mass is 10.2. The van der Waals surface area contributed by atoms with Crippen LogP contribution in [0.1, 0.15) is 18.9 Å². The molecule has 0 aliphatic rings. The maximum Gasteiger partial charge on any atom is 0.156 e. The molecule has 80 valence electrons. The molecule has 1 aromatic carbocycles. The Hall–Kier alpha value is -1.41. The summed E-state index contributed by atoms with van der Waals surface area (Å²) < 4.78 is 0. The summed E-state index contributed by atoms with van der Waals surface area (Å²) in [5.41, 5.74) is 1.25. The average molecular weight is 203 g/mol. The van der Waals surface area contributed by atoms with E-state index in [2.05, 4.69) is 17.4 Å². The van der Waals surface area contributed by atoms with Crippen LogP contribution >= 0.6 is 0 Å². The third-order valence-electron chi connectivity index (χ3n) is 2.07. The van der Waals surface area contributed by atoms with Gasteiger partial charge in [-0.05, 0) is 18.6 Å². The number of ketones is 1. The molecule has 0 spiro atoms. The van der Waals surface area contributed by atoms with Gasteiger partial charge in [0, 0.05) is 19.5 Å². The predicted molar refractivity (Wildman–Crippen MR) is 62.6 cm³/mol. The van der Waals surface area contributed by atoms with Crippen molar-refractivity contribution in [2.24, 2.45) is 0 Å². The zero-order chi connectivity index (χ0) is 10.9. The van der Waals surface area contributed by atoms with Crippen LogP contribution in [-0.4, -0.2) is 12.3 Å². The van der Waals surface area contributed by atoms with Gasteiger partial charge in [0.15, 0.2) is 5.78 Å². The second kappa shape index (κ2) is 6.96. The minimum absolute atomic E-state index is 0.179. The second-order valence-electron chi connectivity index (χ2n) is 3.38. The molecule has 1 aromatic rings. The fraction of sp³-hybridized carbons (Fsp3) is 0.308. The lowest BCUT2D eigenvalue weighted by Crippen LogP contribution is -2.17. The first-order chi connectivity index (χ1) is 7.33. The summed E-state index contributed by atoms with van der Waals surface area (Å²) in [7, 11) is 0. The Morgan fingerprint density at radius 2 is 2.07 bits per heavy atom. The van der Waals surface area contributed by atoms with Crippen LogP contribution in [0.2, 0.25) is 0 Å². The summed E-state index contributed by atoms with van der Waals surface area (Å²) in [5, 5.41) is 3.24. The smallest absolute Gasteiger partial charge is 0.156 e. The monoisotopic (exact) mass is 203 g/mol. The van der Waals surface area contributed by atoms with Crippen molar-refractivity contribution in [1.82, 2.24) is 5.32 Å². The van der Waals surface area contributed by atoms with Crippen molar-refractivity contribution in [1.29, 1.82) is 0 Å². The van der Waals surface area contributed by atoms with Gasteiger partial charge in [-0.25, -0.2) is 0 Å². The van der Waals surface area contributed by atoms with Crippen LogP contribution in [0.5, 0.6) is 0 Å². The Balaban J connectivity index is 2.15. The number of benzene rings is 1. The van der Waals surface area contributed by atoms with Gasteiger partial charge in [-0.1, -0.05) is 36.4 Å². The average Bonchev–Trinajstić information content (AvgIpc) is 2.26. The molecule has 0 radical (unpaired) electrons. The molecule has 0 bridgehead atoms. The molecule has 1 N–H and O–H groups in total. The maximum atomic E-state index is 11.1. The summed E-state index contributed by atoms with van der Waals surface area (Å²) in [6, 6.07) is 10.2. The van der Waals surface area contributed by atoms with E-state index in [0.29, 0.717) is 6.42 Å². The number of hydrogen-bond acceptors (Lipinski definition) is 2. The van der Waals surface area contributed by atoms with Crippen LogP contribution in [-0.2, 0) is 11.3 Å². The van der Waals surface area contributed by atoms with E-state index < -0.39 is 0 Å². The standard InChI is InChI=1S/C13H17NO/c1-2-6-13(15)9-10-14-11-12-7-4-3-5-8-12/h2-8,14H,9-11H2,1H3/b6-2+. The molecular weight excluding hydrogens is 186 g/mol. The molecule has 1 rings (SSSR count). The van der Waals surface area contributed by atoms with Gasteiger partial charge >= 0.3 is 0 Å². The molecular formula is C13H17NO. The van der Waals surface area contributed by atoms with Crippen LogP contribution in [0, 0.1) is 0 Å². The Labute approximate surface area is 91.0 Å². The van der Waals surface area contributed by atoms with Crippen molar-refractivity contribution >= 4 is 5.78 Å². The zero-order valence-electron chi connectivity index (χ0n) is 9.07. The molecule has 0 fully saturated rings. The van der Waals surface area contributed by atoms with Gasteiger partial charge in [0.2, 0.25) is 0 Å². The van der Waals surface area contributed by atoms with Gasteiger partial charge in [-0.2, -0.15) is 0 Å². The van der Waals surface area contributed by atoms with Gasteiger partial charge in [0.1, 0.15) is 0 Å². The molecule has 0 aromatic heterocycles. The summed E-state index contributed by atoms with van der Waals surface area (Å²) in [4.78, 5) is 11.1. The minimum Gasteiger partial charge on any atom is -0.312 e. The van der Waals surface area contributed by atoms with Crippen molar-refractivity contribution in [2.45, 2.75) is 19.9 Å². The van der Waals surface area contributed by atoms with Crippen molar-refractivity contribution < 1.29 is 4.79 Å². The largest absolute Gasteiger partial charge is 0.312 e. The molecule has 0 atom stereocenters. The van der Waals surface area contributed by atoms with Crippen molar-refractivity contribution in [3.63, 3.8) is 0 Å². The topological polar surface area (TPSA) is 29.1 Å². The SMILES string of the molecule is C/C=C/C(=O)CCNCc1ccccc1. The molecule has 0 aliphatic carbocycles. The van der Waals surface area contributed by atoms with E-state index in [9.17, 15) is 4.79 Å². The number of rotatable bonds is 6. The molecule has 2 heteroatoms. The van der Waals surface area contributed by atoms with Gasteiger partial charge in [-0.3, -0.25) is 4.79 Å². The fourth-order valence-corrected chi connectivity index (χ4v) is 1.31. The number of allylic oxidation sites excluding steroid dienone is 2. The molecule has 0 saturated carbocycles. The molecule has 0 aliphatic heterocycles. The highest BCUT2D eigenvalue weighted by atomic mass is 16.1. The molecule has 15 heavy (non-hydrogen) atoms. The summed E-state index contributed by atoms with van der Waals surface area (Å²) >= 11 is 0. The van der Waals surface area contributed by atoms with Crippen molar-refractivity contribution in [3.8, 4) is 0 Å². The third kappa shape index (κ3) is 5.13. The van der Waals surface area contributed by atoms with E-state index in [1.165, 1.54) is 5.56 Å². The Kier molecular flexibility index (Phi) is 5.41. The van der Waals surface area contributed by atoms with E-state index in [1.54, 1.807) is 12.2 Å². The quantitative estimate of drug-likeness (QED) is 0.568. The summed E-state index contributed by atoms with van der Waals surface area (Å²) in [5.74, 6) is 0.179. The third-order valence-corrected chi connectivity index (χ3v) is 2.07. The lowest BCUT2D eigenvalue weighted by molar-refractivity contribution is -0.114. The van der Waals surface area contributed by atoms with E-state index >= 15 is 0 Å². The number of carbonyl (C=O) groups excluding carboxylic acids is 1. The van der Waals surface area contributed by atoms with Gasteiger partial charge in [-0.15, -0.1) is 0 Å². The first-order valence-corrected chi connectivity index (χ1v) is 5.23.